The summed E-state index contributed by atoms with van der Waals surface area (Å²) >= 11 is 7.05. The molecule has 0 amide bonds. The second kappa shape index (κ2) is 5.83. The minimum Gasteiger partial charge on any atom is -0.406 e. The van der Waals surface area contributed by atoms with Gasteiger partial charge in [0.05, 0.1) is 12.2 Å². The summed E-state index contributed by atoms with van der Waals surface area (Å²) in [7, 11) is 0. The average Bonchev–Trinajstić information content (AvgIpc) is 3.11. The summed E-state index contributed by atoms with van der Waals surface area (Å²) in [6.07, 6.45) is 2.48. The fourth-order valence-electron chi connectivity index (χ4n) is 1.82. The van der Waals surface area contributed by atoms with Crippen LogP contribution >= 0.6 is 31.9 Å². The van der Waals surface area contributed by atoms with Crippen molar-refractivity contribution < 1.29 is 4.42 Å². The first kappa shape index (κ1) is 14.0. The molecule has 1 aliphatic rings. The number of rotatable bonds is 5. The largest absolute Gasteiger partial charge is 0.406 e. The van der Waals surface area contributed by atoms with Crippen molar-refractivity contribution in [3.63, 3.8) is 0 Å². The summed E-state index contributed by atoms with van der Waals surface area (Å²) < 4.78 is 7.46. The third kappa shape index (κ3) is 3.39. The maximum atomic E-state index is 5.57. The van der Waals surface area contributed by atoms with Crippen LogP contribution in [-0.2, 0) is 6.54 Å². The van der Waals surface area contributed by atoms with Crippen LogP contribution in [0.5, 0.6) is 0 Å². The van der Waals surface area contributed by atoms with Gasteiger partial charge in [-0.1, -0.05) is 5.10 Å². The van der Waals surface area contributed by atoms with Gasteiger partial charge in [0.1, 0.15) is 0 Å². The minimum absolute atomic E-state index is 0.392. The molecule has 7 heteroatoms. The van der Waals surface area contributed by atoms with E-state index in [1.54, 1.807) is 0 Å². The van der Waals surface area contributed by atoms with Crippen molar-refractivity contribution in [1.82, 2.24) is 15.5 Å². The molecule has 2 aromatic rings. The fraction of sp³-hybridized carbons (Fsp3) is 0.385. The van der Waals surface area contributed by atoms with Gasteiger partial charge in [0, 0.05) is 15.0 Å². The van der Waals surface area contributed by atoms with Crippen molar-refractivity contribution >= 4 is 43.6 Å². The van der Waals surface area contributed by atoms with Crippen molar-refractivity contribution in [2.45, 2.75) is 32.4 Å². The molecule has 0 saturated heterocycles. The lowest BCUT2D eigenvalue weighted by molar-refractivity contribution is 0.478. The molecule has 1 fully saturated rings. The lowest BCUT2D eigenvalue weighted by Gasteiger charge is -2.08. The zero-order valence-corrected chi connectivity index (χ0v) is 14.1. The highest BCUT2D eigenvalue weighted by Gasteiger charge is 2.21. The maximum absolute atomic E-state index is 5.57. The van der Waals surface area contributed by atoms with E-state index in [0.717, 1.165) is 20.2 Å². The van der Waals surface area contributed by atoms with Gasteiger partial charge < -0.3 is 15.1 Å². The molecule has 0 bridgehead atoms. The lowest BCUT2D eigenvalue weighted by atomic mass is 10.2. The van der Waals surface area contributed by atoms with E-state index in [1.807, 2.05) is 19.1 Å². The van der Waals surface area contributed by atoms with Gasteiger partial charge in [-0.25, -0.2) is 0 Å². The molecule has 20 heavy (non-hydrogen) atoms. The maximum Gasteiger partial charge on any atom is 0.320 e. The number of halogens is 2. The van der Waals surface area contributed by atoms with Crippen LogP contribution in [0, 0.1) is 6.92 Å². The molecule has 0 atom stereocenters. The molecule has 3 rings (SSSR count). The number of benzene rings is 1. The Hall–Kier alpha value is -0.920. The summed E-state index contributed by atoms with van der Waals surface area (Å²) in [5, 5.41) is 14.5. The van der Waals surface area contributed by atoms with E-state index >= 15 is 0 Å². The molecule has 1 aromatic heterocycles. The predicted octanol–water partition coefficient (Wildman–Crippen LogP) is 3.90. The molecule has 1 aromatic carbocycles. The lowest BCUT2D eigenvalue weighted by Crippen LogP contribution is -2.15. The van der Waals surface area contributed by atoms with Crippen LogP contribution in [0.3, 0.4) is 0 Å². The van der Waals surface area contributed by atoms with E-state index in [0.29, 0.717) is 24.5 Å². The van der Waals surface area contributed by atoms with Crippen LogP contribution in [0.2, 0.25) is 0 Å². The van der Waals surface area contributed by atoms with Gasteiger partial charge in [0.2, 0.25) is 5.89 Å². The minimum atomic E-state index is 0.392. The monoisotopic (exact) mass is 400 g/mol. The molecule has 0 radical (unpaired) electrons. The molecular formula is C13H14Br2N4O. The van der Waals surface area contributed by atoms with Crippen LogP contribution < -0.4 is 10.6 Å². The number of nitrogens with one attached hydrogen (secondary N) is 2. The number of hydrogen-bond donors (Lipinski definition) is 2. The van der Waals surface area contributed by atoms with Gasteiger partial charge in [0.25, 0.3) is 0 Å². The number of anilines is 2. The zero-order valence-electron chi connectivity index (χ0n) is 10.9. The van der Waals surface area contributed by atoms with E-state index in [1.165, 1.54) is 12.8 Å². The molecule has 5 nitrogen and oxygen atoms in total. The molecule has 106 valence electrons. The molecular weight excluding hydrogens is 388 g/mol. The Morgan fingerprint density at radius 1 is 1.25 bits per heavy atom. The first-order valence-corrected chi connectivity index (χ1v) is 7.99. The molecule has 1 aliphatic carbocycles. The standard InChI is InChI=1S/C13H14Br2N4O/c1-7-4-9(14)12(10(15)5-7)17-13-19-18-11(20-13)6-16-8-2-3-8/h4-5,8,16H,2-3,6H2,1H3,(H,17,19). The normalized spacial score (nSPS) is 14.6. The SMILES string of the molecule is Cc1cc(Br)c(Nc2nnc(CNC3CC3)o2)c(Br)c1. The third-order valence-corrected chi connectivity index (χ3v) is 4.26. The Morgan fingerprint density at radius 2 is 1.95 bits per heavy atom. The quantitative estimate of drug-likeness (QED) is 0.795. The molecule has 2 N–H and O–H groups in total. The van der Waals surface area contributed by atoms with Crippen LogP contribution in [-0.4, -0.2) is 16.2 Å². The highest BCUT2D eigenvalue weighted by Crippen LogP contribution is 2.34. The number of nitrogens with zero attached hydrogens (tertiary/aromatic N) is 2. The number of hydrogen-bond acceptors (Lipinski definition) is 5. The second-order valence-electron chi connectivity index (χ2n) is 4.88. The van der Waals surface area contributed by atoms with E-state index in [-0.39, 0.29) is 0 Å². The van der Waals surface area contributed by atoms with Crippen molar-refractivity contribution in [3.05, 3.63) is 32.5 Å². The van der Waals surface area contributed by atoms with Crippen LogP contribution in [0.25, 0.3) is 0 Å². The Labute approximate surface area is 133 Å². The highest BCUT2D eigenvalue weighted by atomic mass is 79.9. The van der Waals surface area contributed by atoms with Crippen LogP contribution in [0.1, 0.15) is 24.3 Å². The Kier molecular flexibility index (Phi) is 4.09. The topological polar surface area (TPSA) is 63.0 Å². The number of aromatic nitrogens is 2. The Bertz CT molecular complexity index is 602. The average molecular weight is 402 g/mol. The van der Waals surface area contributed by atoms with Crippen LogP contribution in [0.15, 0.2) is 25.5 Å². The van der Waals surface area contributed by atoms with E-state index < -0.39 is 0 Å². The summed E-state index contributed by atoms with van der Waals surface area (Å²) in [5.41, 5.74) is 2.04. The first-order chi connectivity index (χ1) is 9.61. The van der Waals surface area contributed by atoms with Crippen molar-refractivity contribution in [1.29, 1.82) is 0 Å². The summed E-state index contributed by atoms with van der Waals surface area (Å²) in [5.74, 6) is 0.596. The van der Waals surface area contributed by atoms with Gasteiger partial charge in [-0.15, -0.1) is 5.10 Å². The van der Waals surface area contributed by atoms with Gasteiger partial charge in [-0.3, -0.25) is 0 Å². The van der Waals surface area contributed by atoms with Crippen molar-refractivity contribution in [2.24, 2.45) is 0 Å². The smallest absolute Gasteiger partial charge is 0.320 e. The van der Waals surface area contributed by atoms with E-state index in [4.69, 9.17) is 4.42 Å². The molecule has 0 spiro atoms. The molecule has 0 unspecified atom stereocenters. The fourth-order valence-corrected chi connectivity index (χ4v) is 3.43. The van der Waals surface area contributed by atoms with Gasteiger partial charge in [-0.05, 0) is 69.3 Å². The van der Waals surface area contributed by atoms with Gasteiger partial charge >= 0.3 is 6.01 Å². The third-order valence-electron chi connectivity index (χ3n) is 3.00. The predicted molar refractivity (Wildman–Crippen MR) is 84.0 cm³/mol. The summed E-state index contributed by atoms with van der Waals surface area (Å²) in [4.78, 5) is 0. The first-order valence-electron chi connectivity index (χ1n) is 6.40. The van der Waals surface area contributed by atoms with Crippen molar-refractivity contribution in [2.75, 3.05) is 5.32 Å². The highest BCUT2D eigenvalue weighted by molar-refractivity contribution is 9.11. The van der Waals surface area contributed by atoms with E-state index in [9.17, 15) is 0 Å². The molecule has 1 heterocycles. The van der Waals surface area contributed by atoms with Crippen LogP contribution in [0.4, 0.5) is 11.7 Å². The van der Waals surface area contributed by atoms with Gasteiger partial charge in [-0.2, -0.15) is 0 Å². The second-order valence-corrected chi connectivity index (χ2v) is 6.59. The Morgan fingerprint density at radius 3 is 2.60 bits per heavy atom. The summed E-state index contributed by atoms with van der Waals surface area (Å²) in [6.45, 7) is 2.66. The zero-order chi connectivity index (χ0) is 14.1. The van der Waals surface area contributed by atoms with Gasteiger partial charge in [0.15, 0.2) is 0 Å². The van der Waals surface area contributed by atoms with Crippen molar-refractivity contribution in [3.8, 4) is 0 Å². The van der Waals surface area contributed by atoms with E-state index in [2.05, 4.69) is 52.7 Å². The summed E-state index contributed by atoms with van der Waals surface area (Å²) in [6, 6.07) is 5.07. The molecule has 0 aliphatic heterocycles. The number of aryl methyl sites for hydroxylation is 1. The molecule has 1 saturated carbocycles. The Balaban J connectivity index is 1.70.